The van der Waals surface area contributed by atoms with Crippen molar-refractivity contribution in [1.29, 1.82) is 0 Å². The lowest BCUT2D eigenvalue weighted by molar-refractivity contribution is 0.482. The molecular formula is C14H20N6. The van der Waals surface area contributed by atoms with Crippen molar-refractivity contribution in [3.05, 3.63) is 28.8 Å². The fourth-order valence-corrected chi connectivity index (χ4v) is 2.44. The van der Waals surface area contributed by atoms with Gasteiger partial charge in [0.2, 0.25) is 5.95 Å². The number of aromatic nitrogens is 5. The third kappa shape index (κ3) is 2.50. The number of rotatable bonds is 3. The van der Waals surface area contributed by atoms with E-state index in [1.165, 1.54) is 18.5 Å². The molecule has 0 radical (unpaired) electrons. The molecule has 1 unspecified atom stereocenters. The zero-order valence-corrected chi connectivity index (χ0v) is 12.2. The van der Waals surface area contributed by atoms with Crippen molar-refractivity contribution < 1.29 is 0 Å². The van der Waals surface area contributed by atoms with Crippen molar-refractivity contribution in [2.75, 3.05) is 5.32 Å². The van der Waals surface area contributed by atoms with Crippen LogP contribution in [0.15, 0.2) is 6.07 Å². The van der Waals surface area contributed by atoms with E-state index in [-0.39, 0.29) is 6.04 Å². The van der Waals surface area contributed by atoms with Gasteiger partial charge in [-0.2, -0.15) is 10.2 Å². The SMILES string of the molecule is Cc1nnc(NC(C)c2cc3n(n2)CCCC3)nc1C. The van der Waals surface area contributed by atoms with Crippen LogP contribution in [0.25, 0.3) is 0 Å². The van der Waals surface area contributed by atoms with Crippen LogP contribution in [0.1, 0.15) is 48.6 Å². The smallest absolute Gasteiger partial charge is 0.243 e. The summed E-state index contributed by atoms with van der Waals surface area (Å²) in [6, 6.07) is 2.27. The maximum absolute atomic E-state index is 4.67. The number of nitrogens with one attached hydrogen (secondary N) is 1. The van der Waals surface area contributed by atoms with Crippen molar-refractivity contribution in [1.82, 2.24) is 25.0 Å². The van der Waals surface area contributed by atoms with Crippen LogP contribution in [0.2, 0.25) is 0 Å². The van der Waals surface area contributed by atoms with Crippen molar-refractivity contribution in [2.24, 2.45) is 0 Å². The average molecular weight is 272 g/mol. The Bertz CT molecular complexity index is 595. The highest BCUT2D eigenvalue weighted by Gasteiger charge is 2.16. The summed E-state index contributed by atoms with van der Waals surface area (Å²) in [4.78, 5) is 4.40. The highest BCUT2D eigenvalue weighted by molar-refractivity contribution is 5.29. The predicted molar refractivity (Wildman–Crippen MR) is 76.5 cm³/mol. The molecule has 3 rings (SSSR count). The summed E-state index contributed by atoms with van der Waals surface area (Å²) in [5, 5.41) is 16.1. The minimum Gasteiger partial charge on any atom is -0.345 e. The lowest BCUT2D eigenvalue weighted by Crippen LogP contribution is -2.13. The summed E-state index contributed by atoms with van der Waals surface area (Å²) in [6.07, 6.45) is 3.61. The average Bonchev–Trinajstić information content (AvgIpc) is 2.87. The molecule has 0 spiro atoms. The zero-order chi connectivity index (χ0) is 14.1. The minimum absolute atomic E-state index is 0.0806. The Hall–Kier alpha value is -1.98. The van der Waals surface area contributed by atoms with E-state index in [9.17, 15) is 0 Å². The van der Waals surface area contributed by atoms with Gasteiger partial charge in [0.15, 0.2) is 0 Å². The van der Waals surface area contributed by atoms with Crippen LogP contribution in [0.5, 0.6) is 0 Å². The summed E-state index contributed by atoms with van der Waals surface area (Å²) in [7, 11) is 0. The van der Waals surface area contributed by atoms with Crippen LogP contribution in [-0.4, -0.2) is 25.0 Å². The van der Waals surface area contributed by atoms with E-state index in [0.29, 0.717) is 5.95 Å². The molecule has 1 N–H and O–H groups in total. The topological polar surface area (TPSA) is 68.5 Å². The molecule has 0 saturated carbocycles. The van der Waals surface area contributed by atoms with Crippen molar-refractivity contribution >= 4 is 5.95 Å². The molecule has 106 valence electrons. The van der Waals surface area contributed by atoms with Crippen LogP contribution < -0.4 is 5.32 Å². The highest BCUT2D eigenvalue weighted by atomic mass is 15.3. The fraction of sp³-hybridized carbons (Fsp3) is 0.571. The van der Waals surface area contributed by atoms with Gasteiger partial charge in [0, 0.05) is 12.2 Å². The third-order valence-corrected chi connectivity index (χ3v) is 3.82. The van der Waals surface area contributed by atoms with Gasteiger partial charge < -0.3 is 5.32 Å². The number of fused-ring (bicyclic) bond motifs is 1. The molecule has 0 aliphatic carbocycles. The predicted octanol–water partition coefficient (Wildman–Crippen LogP) is 2.19. The molecule has 2 aromatic rings. The van der Waals surface area contributed by atoms with Gasteiger partial charge in [-0.3, -0.25) is 4.68 Å². The Morgan fingerprint density at radius 2 is 2.05 bits per heavy atom. The number of nitrogens with zero attached hydrogens (tertiary/aromatic N) is 5. The van der Waals surface area contributed by atoms with Gasteiger partial charge >= 0.3 is 0 Å². The molecule has 0 bridgehead atoms. The number of hydrogen-bond acceptors (Lipinski definition) is 5. The number of hydrogen-bond donors (Lipinski definition) is 1. The molecule has 3 heterocycles. The van der Waals surface area contributed by atoms with Crippen LogP contribution in [-0.2, 0) is 13.0 Å². The van der Waals surface area contributed by atoms with E-state index in [0.717, 1.165) is 30.0 Å². The first kappa shape index (κ1) is 13.0. The number of anilines is 1. The Morgan fingerprint density at radius 1 is 1.20 bits per heavy atom. The van der Waals surface area contributed by atoms with E-state index in [4.69, 9.17) is 0 Å². The number of aryl methyl sites for hydroxylation is 4. The molecule has 1 atom stereocenters. The van der Waals surface area contributed by atoms with Gasteiger partial charge in [0.05, 0.1) is 23.1 Å². The second-order valence-corrected chi connectivity index (χ2v) is 5.41. The molecule has 0 saturated heterocycles. The highest BCUT2D eigenvalue weighted by Crippen LogP contribution is 2.21. The van der Waals surface area contributed by atoms with Crippen LogP contribution in [0, 0.1) is 13.8 Å². The van der Waals surface area contributed by atoms with E-state index in [2.05, 4.69) is 43.3 Å². The largest absolute Gasteiger partial charge is 0.345 e. The lowest BCUT2D eigenvalue weighted by Gasteiger charge is -2.12. The Kier molecular flexibility index (Phi) is 3.38. The molecule has 0 fully saturated rings. The fourth-order valence-electron chi connectivity index (χ4n) is 2.44. The summed E-state index contributed by atoms with van der Waals surface area (Å²) >= 11 is 0. The third-order valence-electron chi connectivity index (χ3n) is 3.82. The minimum atomic E-state index is 0.0806. The first-order valence-electron chi connectivity index (χ1n) is 7.14. The van der Waals surface area contributed by atoms with E-state index < -0.39 is 0 Å². The molecule has 1 aliphatic heterocycles. The molecule has 0 aromatic carbocycles. The van der Waals surface area contributed by atoms with Crippen LogP contribution >= 0.6 is 0 Å². The maximum Gasteiger partial charge on any atom is 0.243 e. The molecular weight excluding hydrogens is 252 g/mol. The van der Waals surface area contributed by atoms with E-state index in [1.807, 2.05) is 13.8 Å². The molecule has 20 heavy (non-hydrogen) atoms. The molecule has 6 heteroatoms. The van der Waals surface area contributed by atoms with Gasteiger partial charge in [-0.25, -0.2) is 4.98 Å². The molecule has 1 aliphatic rings. The van der Waals surface area contributed by atoms with Gasteiger partial charge in [0.25, 0.3) is 0 Å². The summed E-state index contributed by atoms with van der Waals surface area (Å²) < 4.78 is 2.12. The van der Waals surface area contributed by atoms with Crippen LogP contribution in [0.3, 0.4) is 0 Å². The Morgan fingerprint density at radius 3 is 2.80 bits per heavy atom. The quantitative estimate of drug-likeness (QED) is 0.927. The zero-order valence-electron chi connectivity index (χ0n) is 12.2. The molecule has 0 amide bonds. The van der Waals surface area contributed by atoms with Crippen molar-refractivity contribution in [3.63, 3.8) is 0 Å². The first-order chi connectivity index (χ1) is 9.63. The van der Waals surface area contributed by atoms with Crippen molar-refractivity contribution in [3.8, 4) is 0 Å². The summed E-state index contributed by atoms with van der Waals surface area (Å²) in [5.41, 5.74) is 4.14. The first-order valence-corrected chi connectivity index (χ1v) is 7.14. The Labute approximate surface area is 118 Å². The van der Waals surface area contributed by atoms with Gasteiger partial charge in [-0.1, -0.05) is 0 Å². The monoisotopic (exact) mass is 272 g/mol. The van der Waals surface area contributed by atoms with E-state index >= 15 is 0 Å². The standard InChI is InChI=1S/C14H20N6/c1-9-10(2)17-18-14(15-9)16-11(3)13-8-12-6-4-5-7-20(12)19-13/h8,11H,4-7H2,1-3H3,(H,15,16,18). The second-order valence-electron chi connectivity index (χ2n) is 5.41. The molecule has 2 aromatic heterocycles. The lowest BCUT2D eigenvalue weighted by atomic mass is 10.1. The van der Waals surface area contributed by atoms with Gasteiger partial charge in [0.1, 0.15) is 0 Å². The summed E-state index contributed by atoms with van der Waals surface area (Å²) in [6.45, 7) is 6.96. The van der Waals surface area contributed by atoms with Gasteiger partial charge in [-0.05, 0) is 46.1 Å². The maximum atomic E-state index is 4.67. The van der Waals surface area contributed by atoms with E-state index in [1.54, 1.807) is 0 Å². The molecule has 6 nitrogen and oxygen atoms in total. The normalized spacial score (nSPS) is 15.8. The summed E-state index contributed by atoms with van der Waals surface area (Å²) in [5.74, 6) is 0.562. The Balaban J connectivity index is 1.76. The second kappa shape index (κ2) is 5.19. The van der Waals surface area contributed by atoms with Crippen LogP contribution in [0.4, 0.5) is 5.95 Å². The van der Waals surface area contributed by atoms with Crippen molar-refractivity contribution in [2.45, 2.75) is 52.6 Å². The van der Waals surface area contributed by atoms with Gasteiger partial charge in [-0.15, -0.1) is 5.10 Å².